The highest BCUT2D eigenvalue weighted by Crippen LogP contribution is 2.34. The standard InChI is InChI=1S/C13H24FNO3/c1-12(2,3)18-11(17)15-10-4-6-13(14,7-5-10)8-9-16/h10,16H,4-9H2,1-3H3,(H,15,17)/t10-,13+. The highest BCUT2D eigenvalue weighted by Gasteiger charge is 2.35. The highest BCUT2D eigenvalue weighted by molar-refractivity contribution is 5.68. The Bertz CT molecular complexity index is 280. The molecule has 1 rings (SSSR count). The Morgan fingerprint density at radius 3 is 2.44 bits per heavy atom. The van der Waals surface area contributed by atoms with Crippen LogP contribution >= 0.6 is 0 Å². The van der Waals surface area contributed by atoms with Crippen LogP contribution in [0.1, 0.15) is 52.9 Å². The SMILES string of the molecule is CC(C)(C)OC(=O)N[C@H]1CC[C@](F)(CCO)CC1. The number of aliphatic hydroxyl groups is 1. The van der Waals surface area contributed by atoms with Crippen LogP contribution in [0.25, 0.3) is 0 Å². The number of alkyl carbamates (subject to hydrolysis) is 1. The van der Waals surface area contributed by atoms with Gasteiger partial charge in [0.2, 0.25) is 0 Å². The molecular weight excluding hydrogens is 237 g/mol. The van der Waals surface area contributed by atoms with Crippen LogP contribution in [-0.2, 0) is 4.74 Å². The van der Waals surface area contributed by atoms with E-state index < -0.39 is 17.4 Å². The number of carbonyl (C=O) groups excluding carboxylic acids is 1. The molecule has 0 aromatic heterocycles. The Labute approximate surface area is 108 Å². The summed E-state index contributed by atoms with van der Waals surface area (Å²) in [7, 11) is 0. The molecule has 0 radical (unpaired) electrons. The van der Waals surface area contributed by atoms with Gasteiger partial charge in [-0.1, -0.05) is 0 Å². The minimum Gasteiger partial charge on any atom is -0.444 e. The lowest BCUT2D eigenvalue weighted by molar-refractivity contribution is 0.0382. The van der Waals surface area contributed by atoms with Gasteiger partial charge in [-0.3, -0.25) is 0 Å². The molecule has 0 aliphatic heterocycles. The summed E-state index contributed by atoms with van der Waals surface area (Å²) in [5.41, 5.74) is -1.78. The first-order chi connectivity index (χ1) is 8.24. The van der Waals surface area contributed by atoms with Gasteiger partial charge >= 0.3 is 6.09 Å². The molecule has 1 aliphatic rings. The van der Waals surface area contributed by atoms with E-state index in [1.165, 1.54) is 0 Å². The molecule has 0 saturated heterocycles. The minimum atomic E-state index is -1.26. The Kier molecular flexibility index (Phi) is 4.96. The smallest absolute Gasteiger partial charge is 0.407 e. The van der Waals surface area contributed by atoms with Crippen molar-refractivity contribution in [1.29, 1.82) is 0 Å². The van der Waals surface area contributed by atoms with Gasteiger partial charge in [0.25, 0.3) is 0 Å². The fraction of sp³-hybridized carbons (Fsp3) is 0.923. The maximum Gasteiger partial charge on any atom is 0.407 e. The molecule has 0 heterocycles. The van der Waals surface area contributed by atoms with E-state index in [-0.39, 0.29) is 19.1 Å². The summed E-state index contributed by atoms with van der Waals surface area (Å²) in [6.07, 6.45) is 1.70. The summed E-state index contributed by atoms with van der Waals surface area (Å²) >= 11 is 0. The van der Waals surface area contributed by atoms with Gasteiger partial charge in [0.05, 0.1) is 0 Å². The third kappa shape index (κ3) is 5.21. The van der Waals surface area contributed by atoms with Gasteiger partial charge < -0.3 is 15.2 Å². The van der Waals surface area contributed by atoms with E-state index in [2.05, 4.69) is 5.32 Å². The number of carbonyl (C=O) groups is 1. The van der Waals surface area contributed by atoms with Gasteiger partial charge in [0.15, 0.2) is 0 Å². The maximum atomic E-state index is 14.1. The predicted molar refractivity (Wildman–Crippen MR) is 67.2 cm³/mol. The number of amides is 1. The van der Waals surface area contributed by atoms with Gasteiger partial charge in [-0.25, -0.2) is 9.18 Å². The molecule has 0 unspecified atom stereocenters. The summed E-state index contributed by atoms with van der Waals surface area (Å²) < 4.78 is 19.2. The number of alkyl halides is 1. The van der Waals surface area contributed by atoms with Crippen LogP contribution in [0.4, 0.5) is 9.18 Å². The second-order valence-electron chi connectivity index (χ2n) is 6.05. The number of hydrogen-bond acceptors (Lipinski definition) is 3. The van der Waals surface area contributed by atoms with Crippen molar-refractivity contribution in [3.63, 3.8) is 0 Å². The van der Waals surface area contributed by atoms with Crippen molar-refractivity contribution in [2.75, 3.05) is 6.61 Å². The first-order valence-electron chi connectivity index (χ1n) is 6.53. The number of ether oxygens (including phenoxy) is 1. The third-order valence-electron chi connectivity index (χ3n) is 3.16. The quantitative estimate of drug-likeness (QED) is 0.820. The minimum absolute atomic E-state index is 0.0255. The summed E-state index contributed by atoms with van der Waals surface area (Å²) in [6.45, 7) is 5.30. The molecule has 1 aliphatic carbocycles. The molecule has 106 valence electrons. The van der Waals surface area contributed by atoms with Gasteiger partial charge in [0, 0.05) is 19.1 Å². The van der Waals surface area contributed by atoms with Crippen LogP contribution in [-0.4, -0.2) is 35.1 Å². The van der Waals surface area contributed by atoms with Gasteiger partial charge in [-0.15, -0.1) is 0 Å². The van der Waals surface area contributed by atoms with Crippen molar-refractivity contribution < 1.29 is 19.0 Å². The molecule has 1 fully saturated rings. The molecular formula is C13H24FNO3. The van der Waals surface area contributed by atoms with Crippen LogP contribution < -0.4 is 5.32 Å². The summed E-state index contributed by atoms with van der Waals surface area (Å²) in [4.78, 5) is 11.5. The lowest BCUT2D eigenvalue weighted by Gasteiger charge is -2.34. The van der Waals surface area contributed by atoms with E-state index in [9.17, 15) is 9.18 Å². The van der Waals surface area contributed by atoms with Crippen molar-refractivity contribution in [3.8, 4) is 0 Å². The Balaban J connectivity index is 2.33. The van der Waals surface area contributed by atoms with E-state index in [0.29, 0.717) is 25.7 Å². The van der Waals surface area contributed by atoms with Gasteiger partial charge in [-0.05, 0) is 46.5 Å². The Morgan fingerprint density at radius 1 is 1.44 bits per heavy atom. The molecule has 4 nitrogen and oxygen atoms in total. The number of aliphatic hydroxyl groups excluding tert-OH is 1. The summed E-state index contributed by atoms with van der Waals surface area (Å²) in [5.74, 6) is 0. The monoisotopic (exact) mass is 261 g/mol. The van der Waals surface area contributed by atoms with Gasteiger partial charge in [0.1, 0.15) is 11.3 Å². The van der Waals surface area contributed by atoms with E-state index in [4.69, 9.17) is 9.84 Å². The Hall–Kier alpha value is -0.840. The van der Waals surface area contributed by atoms with Crippen LogP contribution in [0, 0.1) is 0 Å². The number of nitrogens with one attached hydrogen (secondary N) is 1. The molecule has 0 aromatic rings. The van der Waals surface area contributed by atoms with Crippen molar-refractivity contribution in [2.45, 2.75) is 70.2 Å². The summed E-state index contributed by atoms with van der Waals surface area (Å²) in [6, 6.07) is -0.0255. The van der Waals surface area contributed by atoms with Crippen molar-refractivity contribution in [1.82, 2.24) is 5.32 Å². The fourth-order valence-corrected chi connectivity index (χ4v) is 2.20. The molecule has 18 heavy (non-hydrogen) atoms. The molecule has 0 spiro atoms. The first-order valence-corrected chi connectivity index (χ1v) is 6.53. The van der Waals surface area contributed by atoms with E-state index in [1.54, 1.807) is 20.8 Å². The first kappa shape index (κ1) is 15.2. The van der Waals surface area contributed by atoms with Crippen molar-refractivity contribution in [2.24, 2.45) is 0 Å². The number of halogens is 1. The zero-order valence-corrected chi connectivity index (χ0v) is 11.5. The zero-order valence-electron chi connectivity index (χ0n) is 11.5. The second-order valence-corrected chi connectivity index (χ2v) is 6.05. The topological polar surface area (TPSA) is 58.6 Å². The zero-order chi connectivity index (χ0) is 13.8. The largest absolute Gasteiger partial charge is 0.444 e. The van der Waals surface area contributed by atoms with E-state index in [1.807, 2.05) is 0 Å². The third-order valence-corrected chi connectivity index (χ3v) is 3.16. The van der Waals surface area contributed by atoms with Crippen LogP contribution in [0.15, 0.2) is 0 Å². The lowest BCUT2D eigenvalue weighted by atomic mass is 9.82. The lowest BCUT2D eigenvalue weighted by Crippen LogP contribution is -2.43. The van der Waals surface area contributed by atoms with Crippen LogP contribution in [0.2, 0.25) is 0 Å². The van der Waals surface area contributed by atoms with E-state index in [0.717, 1.165) is 0 Å². The normalized spacial score (nSPS) is 28.8. The van der Waals surface area contributed by atoms with Crippen LogP contribution in [0.3, 0.4) is 0 Å². The average Bonchev–Trinajstić information content (AvgIpc) is 2.19. The molecule has 0 aromatic carbocycles. The number of hydrogen-bond donors (Lipinski definition) is 2. The van der Waals surface area contributed by atoms with Crippen LogP contribution in [0.5, 0.6) is 0 Å². The van der Waals surface area contributed by atoms with Gasteiger partial charge in [-0.2, -0.15) is 0 Å². The molecule has 5 heteroatoms. The number of rotatable bonds is 3. The average molecular weight is 261 g/mol. The molecule has 1 saturated carbocycles. The second kappa shape index (κ2) is 5.87. The molecule has 0 atom stereocenters. The Morgan fingerprint density at radius 2 is 2.00 bits per heavy atom. The molecule has 2 N–H and O–H groups in total. The highest BCUT2D eigenvalue weighted by atomic mass is 19.1. The molecule has 1 amide bonds. The van der Waals surface area contributed by atoms with Crippen molar-refractivity contribution in [3.05, 3.63) is 0 Å². The maximum absolute atomic E-state index is 14.1. The predicted octanol–water partition coefficient (Wildman–Crippen LogP) is 2.54. The molecule has 0 bridgehead atoms. The van der Waals surface area contributed by atoms with E-state index >= 15 is 0 Å². The summed E-state index contributed by atoms with van der Waals surface area (Å²) in [5, 5.41) is 11.6. The fourth-order valence-electron chi connectivity index (χ4n) is 2.20. The van der Waals surface area contributed by atoms with Crippen molar-refractivity contribution >= 4 is 6.09 Å².